The standard InChI is InChI=1S/C67H127NO13/c1-3-5-7-9-11-13-15-17-19-20-21-22-23-24-25-26-27-28-29-30-31-32-33-34-35-36-37-38-40-42-44-46-48-50-56(71)55(68-59(72)51-49-47-45-43-41-39-18-16-14-12-10-8-6-4-2)54-78-66-64(77)62(75)65(58(53-70)80-66)81-67-63(76)61(74)60(73)57(52-69)79-67/h40,42,48,50,55-58,60-67,69-71,73-77H,3-39,41,43-47,49,51-54H2,1-2H3,(H,68,72)/b42-40+,50-48+. The van der Waals surface area contributed by atoms with Crippen LogP contribution in [0, 0.1) is 0 Å². The normalized spacial score (nSPS) is 24.2. The topological polar surface area (TPSA) is 228 Å². The number of hydrogen-bond donors (Lipinski definition) is 9. The second-order valence-electron chi connectivity index (χ2n) is 24.3. The van der Waals surface area contributed by atoms with Crippen LogP contribution in [0.2, 0.25) is 0 Å². The molecule has 0 aromatic carbocycles. The average Bonchev–Trinajstić information content (AvgIpc) is 3.64. The van der Waals surface area contributed by atoms with Gasteiger partial charge in [0.1, 0.15) is 48.8 Å². The fraction of sp³-hybridized carbons (Fsp3) is 0.925. The Bertz CT molecular complexity index is 1450. The predicted octanol–water partition coefficient (Wildman–Crippen LogP) is 13.2. The molecule has 2 heterocycles. The van der Waals surface area contributed by atoms with Crippen molar-refractivity contribution in [2.24, 2.45) is 0 Å². The highest BCUT2D eigenvalue weighted by Gasteiger charge is 2.51. The summed E-state index contributed by atoms with van der Waals surface area (Å²) in [6.07, 6.45) is 48.3. The molecule has 9 N–H and O–H groups in total. The molecule has 14 nitrogen and oxygen atoms in total. The molecule has 478 valence electrons. The number of carbonyl (C=O) groups excluding carboxylic acids is 1. The van der Waals surface area contributed by atoms with Crippen molar-refractivity contribution in [3.8, 4) is 0 Å². The van der Waals surface area contributed by atoms with Crippen molar-refractivity contribution in [1.82, 2.24) is 5.32 Å². The van der Waals surface area contributed by atoms with Gasteiger partial charge in [-0.2, -0.15) is 0 Å². The van der Waals surface area contributed by atoms with E-state index in [2.05, 4.69) is 31.3 Å². The van der Waals surface area contributed by atoms with E-state index in [1.54, 1.807) is 6.08 Å². The summed E-state index contributed by atoms with van der Waals surface area (Å²) in [6, 6.07) is -0.928. The van der Waals surface area contributed by atoms with Crippen molar-refractivity contribution in [2.75, 3.05) is 19.8 Å². The van der Waals surface area contributed by atoms with E-state index in [1.807, 2.05) is 6.08 Å². The van der Waals surface area contributed by atoms with Gasteiger partial charge in [-0.15, -0.1) is 0 Å². The Hall–Kier alpha value is -1.53. The van der Waals surface area contributed by atoms with Gasteiger partial charge in [0.25, 0.3) is 0 Å². The van der Waals surface area contributed by atoms with Gasteiger partial charge in [-0.3, -0.25) is 4.79 Å². The Labute approximate surface area is 494 Å². The zero-order chi connectivity index (χ0) is 58.8. The zero-order valence-corrected chi connectivity index (χ0v) is 51.8. The molecule has 0 aromatic heterocycles. The van der Waals surface area contributed by atoms with Gasteiger partial charge in [-0.25, -0.2) is 0 Å². The van der Waals surface area contributed by atoms with Crippen LogP contribution >= 0.6 is 0 Å². The molecule has 2 rings (SSSR count). The first-order chi connectivity index (χ1) is 39.6. The lowest BCUT2D eigenvalue weighted by Crippen LogP contribution is -2.65. The molecule has 2 saturated heterocycles. The fourth-order valence-electron chi connectivity index (χ4n) is 11.4. The van der Waals surface area contributed by atoms with Crippen LogP contribution in [0.3, 0.4) is 0 Å². The van der Waals surface area contributed by atoms with Crippen LogP contribution in [-0.2, 0) is 23.7 Å². The lowest BCUT2D eigenvalue weighted by Gasteiger charge is -2.46. The van der Waals surface area contributed by atoms with Crippen LogP contribution in [0.15, 0.2) is 24.3 Å². The summed E-state index contributed by atoms with van der Waals surface area (Å²) in [4.78, 5) is 13.2. The van der Waals surface area contributed by atoms with Crippen LogP contribution in [0.5, 0.6) is 0 Å². The second-order valence-corrected chi connectivity index (χ2v) is 24.3. The number of nitrogens with one attached hydrogen (secondary N) is 1. The predicted molar refractivity (Wildman–Crippen MR) is 328 cm³/mol. The summed E-state index contributed by atoms with van der Waals surface area (Å²) < 4.78 is 22.8. The molecule has 0 saturated carbocycles. The van der Waals surface area contributed by atoms with Gasteiger partial charge < -0.3 is 65.1 Å². The van der Waals surface area contributed by atoms with E-state index in [4.69, 9.17) is 18.9 Å². The molecular formula is C67H127NO13. The Kier molecular flexibility index (Phi) is 49.2. The maximum atomic E-state index is 13.2. The summed E-state index contributed by atoms with van der Waals surface area (Å²) in [5.41, 5.74) is 0. The first-order valence-corrected chi connectivity index (χ1v) is 34.1. The second kappa shape index (κ2) is 52.8. The summed E-state index contributed by atoms with van der Waals surface area (Å²) in [5.74, 6) is -0.245. The van der Waals surface area contributed by atoms with E-state index in [1.165, 1.54) is 238 Å². The molecule has 12 unspecified atom stereocenters. The summed E-state index contributed by atoms with van der Waals surface area (Å²) in [5, 5.41) is 87.2. The van der Waals surface area contributed by atoms with Crippen LogP contribution in [0.1, 0.15) is 303 Å². The molecular weight excluding hydrogens is 1030 g/mol. The third-order valence-electron chi connectivity index (χ3n) is 16.9. The van der Waals surface area contributed by atoms with Gasteiger partial charge >= 0.3 is 0 Å². The number of amides is 1. The van der Waals surface area contributed by atoms with Gasteiger partial charge in [0, 0.05) is 6.42 Å². The van der Waals surface area contributed by atoms with Crippen molar-refractivity contribution in [3.05, 3.63) is 24.3 Å². The lowest BCUT2D eigenvalue weighted by atomic mass is 9.97. The number of aliphatic hydroxyl groups is 8. The van der Waals surface area contributed by atoms with Crippen molar-refractivity contribution in [2.45, 2.75) is 376 Å². The highest BCUT2D eigenvalue weighted by atomic mass is 16.7. The van der Waals surface area contributed by atoms with Crippen molar-refractivity contribution in [3.63, 3.8) is 0 Å². The van der Waals surface area contributed by atoms with E-state index in [0.29, 0.717) is 12.8 Å². The molecule has 0 spiro atoms. The summed E-state index contributed by atoms with van der Waals surface area (Å²) in [7, 11) is 0. The monoisotopic (exact) mass is 1150 g/mol. The fourth-order valence-corrected chi connectivity index (χ4v) is 11.4. The molecule has 12 atom stereocenters. The first-order valence-electron chi connectivity index (χ1n) is 34.1. The molecule has 0 aliphatic carbocycles. The van der Waals surface area contributed by atoms with Crippen LogP contribution in [-0.4, -0.2) is 140 Å². The first kappa shape index (κ1) is 75.6. The Balaban J connectivity index is 1.65. The van der Waals surface area contributed by atoms with Gasteiger partial charge in [-0.1, -0.05) is 289 Å². The third kappa shape index (κ3) is 37.6. The number of carbonyl (C=O) groups is 1. The molecule has 81 heavy (non-hydrogen) atoms. The zero-order valence-electron chi connectivity index (χ0n) is 51.8. The molecule has 0 aromatic rings. The summed E-state index contributed by atoms with van der Waals surface area (Å²) in [6.45, 7) is 2.81. The van der Waals surface area contributed by atoms with Gasteiger partial charge in [0.2, 0.25) is 5.91 Å². The van der Waals surface area contributed by atoms with E-state index in [9.17, 15) is 45.6 Å². The quantitative estimate of drug-likeness (QED) is 0.0204. The molecule has 0 radical (unpaired) electrons. The van der Waals surface area contributed by atoms with Crippen molar-refractivity contribution in [1.29, 1.82) is 0 Å². The number of ether oxygens (including phenoxy) is 4. The molecule has 2 aliphatic heterocycles. The minimum Gasteiger partial charge on any atom is -0.394 e. The Morgan fingerprint density at radius 1 is 0.432 bits per heavy atom. The van der Waals surface area contributed by atoms with E-state index in [0.717, 1.165) is 32.1 Å². The Morgan fingerprint density at radius 2 is 0.790 bits per heavy atom. The maximum Gasteiger partial charge on any atom is 0.220 e. The van der Waals surface area contributed by atoms with Crippen molar-refractivity contribution >= 4 is 5.91 Å². The number of hydrogen-bond acceptors (Lipinski definition) is 13. The van der Waals surface area contributed by atoms with Gasteiger partial charge in [-0.05, 0) is 32.1 Å². The smallest absolute Gasteiger partial charge is 0.220 e. The van der Waals surface area contributed by atoms with E-state index >= 15 is 0 Å². The minimum absolute atomic E-state index is 0.245. The molecule has 0 bridgehead atoms. The largest absolute Gasteiger partial charge is 0.394 e. The van der Waals surface area contributed by atoms with Crippen LogP contribution in [0.25, 0.3) is 0 Å². The van der Waals surface area contributed by atoms with E-state index < -0.39 is 86.8 Å². The van der Waals surface area contributed by atoms with Gasteiger partial charge in [0.15, 0.2) is 12.6 Å². The minimum atomic E-state index is -1.79. The number of rotatable bonds is 56. The Morgan fingerprint density at radius 3 is 1.21 bits per heavy atom. The average molecular weight is 1150 g/mol. The van der Waals surface area contributed by atoms with E-state index in [-0.39, 0.29) is 18.9 Å². The maximum absolute atomic E-state index is 13.2. The van der Waals surface area contributed by atoms with Crippen molar-refractivity contribution < 1.29 is 64.6 Å². The number of allylic oxidation sites excluding steroid dienone is 3. The number of aliphatic hydroxyl groups excluding tert-OH is 8. The SMILES string of the molecule is CCCCCCCCCCCCCCCCCCCCCCCCCCCCC/C=C/CC/C=C/C(O)C(COC1OC(CO)C(OC2OC(CO)C(O)C(O)C2O)C(O)C1O)NC(=O)CCCCCCCCCCCCCCCC. The van der Waals surface area contributed by atoms with Crippen LogP contribution < -0.4 is 5.32 Å². The van der Waals surface area contributed by atoms with Crippen LogP contribution in [0.4, 0.5) is 0 Å². The molecule has 1 amide bonds. The lowest BCUT2D eigenvalue weighted by molar-refractivity contribution is -0.359. The highest BCUT2D eigenvalue weighted by Crippen LogP contribution is 2.30. The third-order valence-corrected chi connectivity index (χ3v) is 16.9. The molecule has 14 heteroatoms. The summed E-state index contributed by atoms with van der Waals surface area (Å²) >= 11 is 0. The molecule has 2 fully saturated rings. The van der Waals surface area contributed by atoms with Gasteiger partial charge in [0.05, 0.1) is 32.0 Å². The number of unbranched alkanes of at least 4 members (excludes halogenated alkanes) is 41. The molecule has 2 aliphatic rings. The highest BCUT2D eigenvalue weighted by molar-refractivity contribution is 5.76.